The summed E-state index contributed by atoms with van der Waals surface area (Å²) in [6, 6.07) is 6.87. The molecule has 1 saturated carbocycles. The summed E-state index contributed by atoms with van der Waals surface area (Å²) in [5.74, 6) is 1.08. The van der Waals surface area contributed by atoms with Gasteiger partial charge in [-0.25, -0.2) is 0 Å². The highest BCUT2D eigenvalue weighted by molar-refractivity contribution is 5.96. The highest BCUT2D eigenvalue weighted by Crippen LogP contribution is 2.31. The zero-order valence-corrected chi connectivity index (χ0v) is 12.9. The van der Waals surface area contributed by atoms with E-state index < -0.39 is 0 Å². The number of aryl methyl sites for hydroxylation is 1. The van der Waals surface area contributed by atoms with Crippen LogP contribution in [0.3, 0.4) is 0 Å². The Balaban J connectivity index is 2.08. The molecule has 1 aliphatic rings. The molecule has 0 saturated heterocycles. The first-order valence-electron chi connectivity index (χ1n) is 7.70. The number of rotatable bonds is 4. The molecule has 3 nitrogen and oxygen atoms in total. The highest BCUT2D eigenvalue weighted by atomic mass is 15.1. The van der Waals surface area contributed by atoms with Crippen LogP contribution >= 0.6 is 0 Å². The Morgan fingerprint density at radius 2 is 1.95 bits per heavy atom. The Labute approximate surface area is 122 Å². The first-order valence-corrected chi connectivity index (χ1v) is 7.70. The van der Waals surface area contributed by atoms with E-state index in [2.05, 4.69) is 31.0 Å². The second kappa shape index (κ2) is 6.29. The van der Waals surface area contributed by atoms with Crippen molar-refractivity contribution >= 4 is 11.5 Å². The third-order valence-electron chi connectivity index (χ3n) is 4.85. The Kier molecular flexibility index (Phi) is 4.69. The Bertz CT molecular complexity index is 473. The number of benzene rings is 1. The highest BCUT2D eigenvalue weighted by Gasteiger charge is 2.23. The Morgan fingerprint density at radius 3 is 2.45 bits per heavy atom. The largest absolute Gasteiger partial charge is 0.384 e. The normalized spacial score (nSPS) is 22.6. The molecule has 0 atom stereocenters. The molecule has 3 N–H and O–H groups in total. The number of anilines is 1. The predicted molar refractivity (Wildman–Crippen MR) is 86.6 cm³/mol. The van der Waals surface area contributed by atoms with Gasteiger partial charge in [0, 0.05) is 24.3 Å². The van der Waals surface area contributed by atoms with Crippen LogP contribution in [0.15, 0.2) is 18.2 Å². The minimum Gasteiger partial charge on any atom is -0.384 e. The van der Waals surface area contributed by atoms with Gasteiger partial charge in [0.2, 0.25) is 0 Å². The van der Waals surface area contributed by atoms with Gasteiger partial charge in [-0.3, -0.25) is 5.41 Å². The summed E-state index contributed by atoms with van der Waals surface area (Å²) < 4.78 is 0. The second-order valence-electron chi connectivity index (χ2n) is 6.11. The molecule has 110 valence electrons. The summed E-state index contributed by atoms with van der Waals surface area (Å²) in [7, 11) is 2.19. The zero-order chi connectivity index (χ0) is 14.7. The molecular weight excluding hydrogens is 246 g/mol. The molecule has 0 radical (unpaired) electrons. The molecule has 0 spiro atoms. The first-order chi connectivity index (χ1) is 9.52. The Morgan fingerprint density at radius 1 is 1.30 bits per heavy atom. The monoisotopic (exact) mass is 273 g/mol. The number of nitrogens with one attached hydrogen (secondary N) is 1. The third kappa shape index (κ3) is 3.14. The maximum absolute atomic E-state index is 7.56. The van der Waals surface area contributed by atoms with Crippen molar-refractivity contribution < 1.29 is 0 Å². The molecule has 0 heterocycles. The molecule has 0 bridgehead atoms. The van der Waals surface area contributed by atoms with E-state index in [0.717, 1.165) is 17.0 Å². The van der Waals surface area contributed by atoms with Gasteiger partial charge in [-0.1, -0.05) is 13.3 Å². The maximum atomic E-state index is 7.56. The van der Waals surface area contributed by atoms with Gasteiger partial charge >= 0.3 is 0 Å². The molecule has 0 aromatic heterocycles. The fraction of sp³-hybridized carbons (Fsp3) is 0.588. The van der Waals surface area contributed by atoms with Gasteiger partial charge < -0.3 is 10.6 Å². The number of amidine groups is 1. The van der Waals surface area contributed by atoms with E-state index in [4.69, 9.17) is 11.1 Å². The average molecular weight is 273 g/mol. The molecule has 1 aliphatic carbocycles. The minimum absolute atomic E-state index is 0.153. The van der Waals surface area contributed by atoms with Crippen molar-refractivity contribution in [3.63, 3.8) is 0 Å². The van der Waals surface area contributed by atoms with E-state index in [-0.39, 0.29) is 5.84 Å². The van der Waals surface area contributed by atoms with Gasteiger partial charge in [0.15, 0.2) is 0 Å². The topological polar surface area (TPSA) is 53.1 Å². The summed E-state index contributed by atoms with van der Waals surface area (Å²) in [5, 5.41) is 7.56. The van der Waals surface area contributed by atoms with Crippen LogP contribution in [0.4, 0.5) is 5.69 Å². The standard InChI is InChI=1S/C17H27N3/c1-4-13-5-7-14(8-6-13)20(3)15-9-10-16(17(18)19)12(2)11-15/h9-11,13-14H,4-8H2,1-3H3,(H3,18,19). The quantitative estimate of drug-likeness (QED) is 0.649. The van der Waals surface area contributed by atoms with Gasteiger partial charge in [-0.15, -0.1) is 0 Å². The maximum Gasteiger partial charge on any atom is 0.123 e. The number of nitrogens with two attached hydrogens (primary N) is 1. The lowest BCUT2D eigenvalue weighted by Gasteiger charge is -2.36. The van der Waals surface area contributed by atoms with Crippen molar-refractivity contribution in [3.8, 4) is 0 Å². The summed E-state index contributed by atoms with van der Waals surface area (Å²) in [5.41, 5.74) is 8.76. The molecule has 3 heteroatoms. The number of nitrogens with zero attached hydrogens (tertiary/aromatic N) is 1. The van der Waals surface area contributed by atoms with Gasteiger partial charge in [-0.2, -0.15) is 0 Å². The van der Waals surface area contributed by atoms with Crippen LogP contribution in [0.25, 0.3) is 0 Å². The number of nitrogen functional groups attached to an aromatic ring is 1. The van der Waals surface area contributed by atoms with Crippen molar-refractivity contribution in [3.05, 3.63) is 29.3 Å². The smallest absolute Gasteiger partial charge is 0.123 e. The lowest BCUT2D eigenvalue weighted by Crippen LogP contribution is -2.35. The number of hydrogen-bond donors (Lipinski definition) is 2. The van der Waals surface area contributed by atoms with Crippen LogP contribution in [0.1, 0.15) is 50.2 Å². The van der Waals surface area contributed by atoms with Crippen molar-refractivity contribution in [2.75, 3.05) is 11.9 Å². The van der Waals surface area contributed by atoms with Crippen molar-refractivity contribution in [2.45, 2.75) is 52.0 Å². The van der Waals surface area contributed by atoms with E-state index in [1.165, 1.54) is 37.8 Å². The first kappa shape index (κ1) is 14.9. The summed E-state index contributed by atoms with van der Waals surface area (Å²) in [6.45, 7) is 4.33. The lowest BCUT2D eigenvalue weighted by molar-refractivity contribution is 0.313. The van der Waals surface area contributed by atoms with Gasteiger partial charge in [0.25, 0.3) is 0 Å². The van der Waals surface area contributed by atoms with Crippen LogP contribution in [-0.4, -0.2) is 18.9 Å². The van der Waals surface area contributed by atoms with Crippen molar-refractivity contribution in [2.24, 2.45) is 11.7 Å². The zero-order valence-electron chi connectivity index (χ0n) is 12.9. The predicted octanol–water partition coefficient (Wildman–Crippen LogP) is 3.68. The van der Waals surface area contributed by atoms with Crippen LogP contribution in [0.2, 0.25) is 0 Å². The molecule has 1 fully saturated rings. The summed E-state index contributed by atoms with van der Waals surface area (Å²) in [4.78, 5) is 2.41. The van der Waals surface area contributed by atoms with E-state index in [9.17, 15) is 0 Å². The summed E-state index contributed by atoms with van der Waals surface area (Å²) in [6.07, 6.45) is 6.62. The van der Waals surface area contributed by atoms with Gasteiger partial charge in [0.1, 0.15) is 5.84 Å². The van der Waals surface area contributed by atoms with E-state index in [0.29, 0.717) is 6.04 Å². The Hall–Kier alpha value is -1.51. The molecule has 20 heavy (non-hydrogen) atoms. The second-order valence-corrected chi connectivity index (χ2v) is 6.11. The van der Waals surface area contributed by atoms with E-state index in [1.54, 1.807) is 0 Å². The molecule has 2 rings (SSSR count). The molecule has 1 aromatic rings. The average Bonchev–Trinajstić information content (AvgIpc) is 2.46. The fourth-order valence-corrected chi connectivity index (χ4v) is 3.32. The number of hydrogen-bond acceptors (Lipinski definition) is 2. The van der Waals surface area contributed by atoms with Gasteiger partial charge in [0.05, 0.1) is 0 Å². The van der Waals surface area contributed by atoms with Crippen LogP contribution in [-0.2, 0) is 0 Å². The van der Waals surface area contributed by atoms with Crippen molar-refractivity contribution in [1.82, 2.24) is 0 Å². The van der Waals surface area contributed by atoms with E-state index in [1.807, 2.05) is 13.0 Å². The minimum atomic E-state index is 0.153. The fourth-order valence-electron chi connectivity index (χ4n) is 3.32. The van der Waals surface area contributed by atoms with Crippen LogP contribution < -0.4 is 10.6 Å². The van der Waals surface area contributed by atoms with Gasteiger partial charge in [-0.05, 0) is 62.3 Å². The molecule has 0 aliphatic heterocycles. The third-order valence-corrected chi connectivity index (χ3v) is 4.85. The summed E-state index contributed by atoms with van der Waals surface area (Å²) >= 11 is 0. The SMILES string of the molecule is CCC1CCC(N(C)c2ccc(C(=N)N)c(C)c2)CC1. The molecule has 0 amide bonds. The van der Waals surface area contributed by atoms with E-state index >= 15 is 0 Å². The molecular formula is C17H27N3. The van der Waals surface area contributed by atoms with Crippen LogP contribution in [0.5, 0.6) is 0 Å². The molecule has 1 aromatic carbocycles. The van der Waals surface area contributed by atoms with Crippen molar-refractivity contribution in [1.29, 1.82) is 5.41 Å². The molecule has 0 unspecified atom stereocenters. The van der Waals surface area contributed by atoms with Crippen LogP contribution in [0, 0.1) is 18.3 Å². The lowest BCUT2D eigenvalue weighted by atomic mass is 9.84.